The molecule has 0 aliphatic rings. The third-order valence-electron chi connectivity index (χ3n) is 10.1. The van der Waals surface area contributed by atoms with E-state index < -0.39 is 26.5 Å². The van der Waals surface area contributed by atoms with Gasteiger partial charge in [-0.15, -0.1) is 0 Å². The Morgan fingerprint density at radius 1 is 0.525 bits per heavy atom. The predicted octanol–water partition coefficient (Wildman–Crippen LogP) is 14.2. The number of hydrogen-bond acceptors (Lipinski definition) is 7. The van der Waals surface area contributed by atoms with Crippen LogP contribution in [0.3, 0.4) is 0 Å². The number of hydrogen-bond donors (Lipinski definition) is 3. The zero-order valence-electron chi connectivity index (χ0n) is 38.8. The van der Waals surface area contributed by atoms with Gasteiger partial charge in [0.25, 0.3) is 0 Å². The molecule has 0 aromatic heterocycles. The molecule has 0 rings (SSSR count). The van der Waals surface area contributed by atoms with Gasteiger partial charge >= 0.3 is 13.8 Å². The quantitative estimate of drug-likeness (QED) is 0.0239. The number of ether oxygens (including phenoxy) is 1. The lowest BCUT2D eigenvalue weighted by atomic mass is 10.1. The van der Waals surface area contributed by atoms with Crippen molar-refractivity contribution in [2.45, 2.75) is 213 Å². The smallest absolute Gasteiger partial charge is 0.463 e. The maximum atomic E-state index is 12.1. The van der Waals surface area contributed by atoms with Crippen molar-refractivity contribution < 1.29 is 37.9 Å². The number of amides is 1. The fourth-order valence-corrected chi connectivity index (χ4v) is 7.22. The number of aliphatic hydroxyl groups excluding tert-OH is 1. The number of carbonyl (C=O) groups excluding carboxylic acids is 2. The van der Waals surface area contributed by atoms with Crippen LogP contribution in [0.4, 0.5) is 0 Å². The number of nitrogens with one attached hydrogen (secondary N) is 1. The monoisotopic (exact) mass is 876 g/mol. The molecule has 0 saturated heterocycles. The highest BCUT2D eigenvalue weighted by molar-refractivity contribution is 7.47. The Kier molecular flexibility index (Phi) is 45.0. The molecule has 0 heterocycles. The highest BCUT2D eigenvalue weighted by Gasteiger charge is 2.23. The Morgan fingerprint density at radius 2 is 0.934 bits per heavy atom. The average Bonchev–Trinajstić information content (AvgIpc) is 3.25. The Morgan fingerprint density at radius 3 is 1.43 bits per heavy atom. The van der Waals surface area contributed by atoms with E-state index >= 15 is 0 Å². The number of phosphoric acid groups is 1. The van der Waals surface area contributed by atoms with Crippen molar-refractivity contribution in [3.8, 4) is 0 Å². The first-order valence-electron chi connectivity index (χ1n) is 24.4. The summed E-state index contributed by atoms with van der Waals surface area (Å²) >= 11 is 0. The Hall–Kier alpha value is -2.55. The molecule has 0 aromatic rings. The number of phosphoric ester groups is 1. The van der Waals surface area contributed by atoms with Crippen LogP contribution in [0.25, 0.3) is 0 Å². The van der Waals surface area contributed by atoms with E-state index in [1.807, 2.05) is 0 Å². The SMILES string of the molecule is CC/C=C\C/C=C\C/C=C\C/C=C\C/C=C\CCCCCCCC(=O)NCCOP(=O)(O)OCC(O)COC(=O)CCCCCCCCCCC/C=C/CCCCCCCC. The van der Waals surface area contributed by atoms with E-state index in [1.54, 1.807) is 0 Å². The van der Waals surface area contributed by atoms with Crippen LogP contribution >= 0.6 is 7.82 Å². The first-order chi connectivity index (χ1) is 29.8. The highest BCUT2D eigenvalue weighted by atomic mass is 31.2. The number of aliphatic hydroxyl groups is 1. The number of rotatable bonds is 45. The van der Waals surface area contributed by atoms with Gasteiger partial charge in [0.15, 0.2) is 0 Å². The third-order valence-corrected chi connectivity index (χ3v) is 11.1. The van der Waals surface area contributed by atoms with Crippen molar-refractivity contribution in [1.29, 1.82) is 0 Å². The number of esters is 1. The summed E-state index contributed by atoms with van der Waals surface area (Å²) in [6.07, 6.45) is 58.3. The summed E-state index contributed by atoms with van der Waals surface area (Å²) < 4.78 is 27.0. The summed E-state index contributed by atoms with van der Waals surface area (Å²) in [5, 5.41) is 12.7. The second-order valence-corrected chi connectivity index (χ2v) is 17.5. The molecule has 1 amide bonds. The van der Waals surface area contributed by atoms with Crippen molar-refractivity contribution in [3.05, 3.63) is 72.9 Å². The van der Waals surface area contributed by atoms with E-state index in [4.69, 9.17) is 13.8 Å². The van der Waals surface area contributed by atoms with Crippen LogP contribution in [0.1, 0.15) is 206 Å². The van der Waals surface area contributed by atoms with Crippen LogP contribution in [0.15, 0.2) is 72.9 Å². The molecule has 0 spiro atoms. The van der Waals surface area contributed by atoms with Crippen LogP contribution in [-0.2, 0) is 27.9 Å². The van der Waals surface area contributed by atoms with Gasteiger partial charge in [-0.25, -0.2) is 4.57 Å². The van der Waals surface area contributed by atoms with E-state index in [9.17, 15) is 24.2 Å². The van der Waals surface area contributed by atoms with Crippen LogP contribution in [0, 0.1) is 0 Å². The normalized spacial score (nSPS) is 13.8. The predicted molar refractivity (Wildman–Crippen MR) is 256 cm³/mol. The van der Waals surface area contributed by atoms with Crippen LogP contribution < -0.4 is 5.32 Å². The number of carbonyl (C=O) groups is 2. The maximum absolute atomic E-state index is 12.1. The summed E-state index contributed by atoms with van der Waals surface area (Å²) in [4.78, 5) is 34.0. The Bertz CT molecular complexity index is 1230. The van der Waals surface area contributed by atoms with Gasteiger partial charge in [-0.2, -0.15) is 0 Å². The average molecular weight is 876 g/mol. The molecular weight excluding hydrogens is 786 g/mol. The van der Waals surface area contributed by atoms with Crippen molar-refractivity contribution in [2.75, 3.05) is 26.4 Å². The summed E-state index contributed by atoms with van der Waals surface area (Å²) in [5.41, 5.74) is 0. The second-order valence-electron chi connectivity index (χ2n) is 16.0. The van der Waals surface area contributed by atoms with Crippen LogP contribution in [0.5, 0.6) is 0 Å². The molecule has 9 nitrogen and oxygen atoms in total. The largest absolute Gasteiger partial charge is 0.472 e. The van der Waals surface area contributed by atoms with Crippen LogP contribution in [-0.4, -0.2) is 54.3 Å². The highest BCUT2D eigenvalue weighted by Crippen LogP contribution is 2.42. The lowest BCUT2D eigenvalue weighted by Crippen LogP contribution is -2.27. The number of unbranched alkanes of at least 4 members (excludes halogenated alkanes) is 20. The molecule has 10 heteroatoms. The zero-order valence-corrected chi connectivity index (χ0v) is 39.7. The van der Waals surface area contributed by atoms with Gasteiger partial charge in [-0.05, 0) is 83.5 Å². The minimum absolute atomic E-state index is 0.0671. The summed E-state index contributed by atoms with van der Waals surface area (Å²) in [6.45, 7) is 3.42. The molecule has 0 fully saturated rings. The van der Waals surface area contributed by atoms with Crippen molar-refractivity contribution >= 4 is 19.7 Å². The Balaban J connectivity index is 3.62. The van der Waals surface area contributed by atoms with Gasteiger partial charge in [0, 0.05) is 19.4 Å². The van der Waals surface area contributed by atoms with Gasteiger partial charge < -0.3 is 20.1 Å². The standard InChI is InChI=1S/C51H90NO8P/c1-3-5-7-9-11-13-15-17-19-21-23-24-26-27-29-31-33-35-37-39-41-43-50(54)52-45-46-59-61(56,57)60-48-49(53)47-58-51(55)44-42-40-38-36-34-32-30-28-25-22-20-18-16-14-12-10-8-6-4-2/h5,7,11,13,17-20,23-24,27,29,49,53H,3-4,6,8-10,12,14-16,21-22,25-26,28,30-48H2,1-2H3,(H,52,54)(H,56,57)/b7-5-,13-11-,19-17-,20-18+,24-23-,29-27-. The van der Waals surface area contributed by atoms with Gasteiger partial charge in [-0.1, -0.05) is 183 Å². The fraction of sp³-hybridized carbons (Fsp3) is 0.725. The lowest BCUT2D eigenvalue weighted by Gasteiger charge is -2.15. The first-order valence-corrected chi connectivity index (χ1v) is 25.9. The van der Waals surface area contributed by atoms with E-state index in [0.29, 0.717) is 6.42 Å². The molecule has 0 aliphatic heterocycles. The maximum Gasteiger partial charge on any atom is 0.472 e. The molecule has 0 bridgehead atoms. The molecule has 0 aliphatic carbocycles. The second kappa shape index (κ2) is 46.9. The molecule has 3 N–H and O–H groups in total. The molecule has 61 heavy (non-hydrogen) atoms. The molecule has 0 radical (unpaired) electrons. The molecule has 2 unspecified atom stereocenters. The van der Waals surface area contributed by atoms with Crippen LogP contribution in [0.2, 0.25) is 0 Å². The van der Waals surface area contributed by atoms with Gasteiger partial charge in [0.05, 0.1) is 13.2 Å². The summed E-state index contributed by atoms with van der Waals surface area (Å²) in [7, 11) is -4.43. The molecule has 2 atom stereocenters. The fourth-order valence-electron chi connectivity index (χ4n) is 6.46. The lowest BCUT2D eigenvalue weighted by molar-refractivity contribution is -0.147. The Labute approximate surface area is 373 Å². The van der Waals surface area contributed by atoms with E-state index in [-0.39, 0.29) is 32.1 Å². The molecule has 0 aromatic carbocycles. The third kappa shape index (κ3) is 48.3. The molecule has 0 saturated carbocycles. The van der Waals surface area contributed by atoms with Crippen molar-refractivity contribution in [1.82, 2.24) is 5.32 Å². The number of allylic oxidation sites excluding steroid dienone is 12. The zero-order chi connectivity index (χ0) is 44.6. The van der Waals surface area contributed by atoms with Gasteiger partial charge in [0.2, 0.25) is 5.91 Å². The minimum Gasteiger partial charge on any atom is -0.463 e. The molecular formula is C51H90NO8P. The topological polar surface area (TPSA) is 131 Å². The van der Waals surface area contributed by atoms with Gasteiger partial charge in [0.1, 0.15) is 12.7 Å². The minimum atomic E-state index is -4.43. The van der Waals surface area contributed by atoms with Crippen molar-refractivity contribution in [2.24, 2.45) is 0 Å². The summed E-state index contributed by atoms with van der Waals surface area (Å²) in [5.74, 6) is -0.539. The van der Waals surface area contributed by atoms with Crippen molar-refractivity contribution in [3.63, 3.8) is 0 Å². The van der Waals surface area contributed by atoms with E-state index in [0.717, 1.165) is 89.9 Å². The van der Waals surface area contributed by atoms with Gasteiger partial charge in [-0.3, -0.25) is 18.6 Å². The van der Waals surface area contributed by atoms with E-state index in [2.05, 4.69) is 92.1 Å². The first kappa shape index (κ1) is 58.5. The molecule has 352 valence electrons. The van der Waals surface area contributed by atoms with E-state index in [1.165, 1.54) is 89.9 Å². The summed E-state index contributed by atoms with van der Waals surface area (Å²) in [6, 6.07) is 0.